The molecule has 1 spiro atoms. The largest absolute Gasteiger partial charge is 0.347 e. The number of aromatic amines is 1. The first-order valence-corrected chi connectivity index (χ1v) is 8.80. The lowest BCUT2D eigenvalue weighted by Gasteiger charge is -2.37. The number of aryl methyl sites for hydroxylation is 1. The van der Waals surface area contributed by atoms with Crippen LogP contribution in [-0.2, 0) is 9.47 Å². The molecule has 2 saturated heterocycles. The van der Waals surface area contributed by atoms with Gasteiger partial charge < -0.3 is 19.4 Å². The van der Waals surface area contributed by atoms with Crippen LogP contribution in [0.15, 0.2) is 35.1 Å². The number of likely N-dealkylation sites (tertiary alicyclic amines) is 1. The van der Waals surface area contributed by atoms with Gasteiger partial charge in [-0.2, -0.15) is 4.98 Å². The van der Waals surface area contributed by atoms with Crippen LogP contribution in [-0.4, -0.2) is 52.9 Å². The number of H-pyrrole nitrogens is 1. The highest BCUT2D eigenvalue weighted by Crippen LogP contribution is 2.31. The molecule has 136 valence electrons. The number of carbonyl (C=O) groups is 1. The topological polar surface area (TPSA) is 84.5 Å². The molecule has 1 N–H and O–H groups in total. The van der Waals surface area contributed by atoms with Gasteiger partial charge in [-0.25, -0.2) is 4.79 Å². The van der Waals surface area contributed by atoms with Gasteiger partial charge in [-0.05, 0) is 13.0 Å². The minimum absolute atomic E-state index is 0.203. The third kappa shape index (κ3) is 3.27. The molecule has 2 aliphatic heterocycles. The van der Waals surface area contributed by atoms with E-state index in [1.807, 2.05) is 31.2 Å². The molecule has 26 heavy (non-hydrogen) atoms. The highest BCUT2D eigenvalue weighted by atomic mass is 16.7. The maximum absolute atomic E-state index is 12.8. The summed E-state index contributed by atoms with van der Waals surface area (Å²) in [5, 5.41) is 0. The van der Waals surface area contributed by atoms with E-state index >= 15 is 0 Å². The van der Waals surface area contributed by atoms with Gasteiger partial charge in [0.15, 0.2) is 5.79 Å². The quantitative estimate of drug-likeness (QED) is 0.887. The number of aromatic nitrogens is 2. The summed E-state index contributed by atoms with van der Waals surface area (Å²) < 4.78 is 11.4. The van der Waals surface area contributed by atoms with Crippen molar-refractivity contribution in [3.63, 3.8) is 0 Å². The van der Waals surface area contributed by atoms with Gasteiger partial charge in [-0.3, -0.25) is 4.79 Å². The summed E-state index contributed by atoms with van der Waals surface area (Å²) in [5.74, 6) is -0.735. The van der Waals surface area contributed by atoms with Gasteiger partial charge >= 0.3 is 5.69 Å². The smallest absolute Gasteiger partial charge is 0.346 e. The van der Waals surface area contributed by atoms with Crippen LogP contribution < -0.4 is 5.69 Å². The molecule has 1 amide bonds. The Labute approximate surface area is 151 Å². The van der Waals surface area contributed by atoms with Crippen LogP contribution in [0.2, 0.25) is 0 Å². The van der Waals surface area contributed by atoms with Crippen LogP contribution in [0, 0.1) is 6.92 Å². The Balaban J connectivity index is 1.55. The SMILES string of the molecule is Cc1ccc(-c2cc(C(=O)N3CCC4(CC3)OCCO4)[nH]c(=O)n2)cc1. The average molecular weight is 355 g/mol. The highest BCUT2D eigenvalue weighted by molar-refractivity contribution is 5.93. The van der Waals surface area contributed by atoms with E-state index in [0.717, 1.165) is 11.1 Å². The van der Waals surface area contributed by atoms with E-state index < -0.39 is 11.5 Å². The molecular weight excluding hydrogens is 334 g/mol. The summed E-state index contributed by atoms with van der Waals surface area (Å²) in [6.45, 7) is 4.26. The molecule has 2 aliphatic rings. The number of ether oxygens (including phenoxy) is 2. The molecule has 0 unspecified atom stereocenters. The van der Waals surface area contributed by atoms with Crippen molar-refractivity contribution >= 4 is 5.91 Å². The fourth-order valence-corrected chi connectivity index (χ4v) is 3.45. The van der Waals surface area contributed by atoms with E-state index in [0.29, 0.717) is 44.8 Å². The highest BCUT2D eigenvalue weighted by Gasteiger charge is 2.41. The van der Waals surface area contributed by atoms with Crippen LogP contribution in [0.25, 0.3) is 11.3 Å². The zero-order valence-corrected chi connectivity index (χ0v) is 14.7. The molecule has 1 aromatic heterocycles. The van der Waals surface area contributed by atoms with Gasteiger partial charge in [0.05, 0.1) is 18.9 Å². The molecule has 0 aliphatic carbocycles. The predicted molar refractivity (Wildman–Crippen MR) is 94.8 cm³/mol. The second kappa shape index (κ2) is 6.66. The molecule has 0 atom stereocenters. The Kier molecular flexibility index (Phi) is 4.34. The number of hydrogen-bond acceptors (Lipinski definition) is 5. The zero-order chi connectivity index (χ0) is 18.1. The van der Waals surface area contributed by atoms with Gasteiger partial charge in [0, 0.05) is 31.5 Å². The fraction of sp³-hybridized carbons (Fsp3) is 0.421. The summed E-state index contributed by atoms with van der Waals surface area (Å²) >= 11 is 0. The van der Waals surface area contributed by atoms with Gasteiger partial charge in [0.1, 0.15) is 5.69 Å². The number of rotatable bonds is 2. The number of carbonyl (C=O) groups excluding carboxylic acids is 1. The van der Waals surface area contributed by atoms with Crippen molar-refractivity contribution in [2.24, 2.45) is 0 Å². The normalized spacial score (nSPS) is 19.0. The molecule has 1 aromatic carbocycles. The van der Waals surface area contributed by atoms with E-state index in [-0.39, 0.29) is 11.6 Å². The fourth-order valence-electron chi connectivity index (χ4n) is 3.45. The van der Waals surface area contributed by atoms with Crippen LogP contribution >= 0.6 is 0 Å². The van der Waals surface area contributed by atoms with Gasteiger partial charge in [0.2, 0.25) is 0 Å². The Hall–Kier alpha value is -2.51. The first-order chi connectivity index (χ1) is 12.5. The average Bonchev–Trinajstić information content (AvgIpc) is 3.10. The number of nitrogens with one attached hydrogen (secondary N) is 1. The van der Waals surface area contributed by atoms with Crippen LogP contribution in [0.1, 0.15) is 28.9 Å². The van der Waals surface area contributed by atoms with Gasteiger partial charge in [-0.15, -0.1) is 0 Å². The summed E-state index contributed by atoms with van der Waals surface area (Å²) in [4.78, 5) is 33.1. The minimum Gasteiger partial charge on any atom is -0.347 e. The number of benzene rings is 1. The van der Waals surface area contributed by atoms with Gasteiger partial charge in [0.25, 0.3) is 5.91 Å². The number of piperidine rings is 1. The van der Waals surface area contributed by atoms with Crippen molar-refractivity contribution in [3.05, 3.63) is 52.1 Å². The molecule has 0 saturated carbocycles. The molecule has 2 aromatic rings. The third-order valence-corrected chi connectivity index (χ3v) is 4.95. The minimum atomic E-state index is -0.532. The number of amides is 1. The molecule has 2 fully saturated rings. The van der Waals surface area contributed by atoms with E-state index in [2.05, 4.69) is 9.97 Å². The maximum Gasteiger partial charge on any atom is 0.346 e. The molecule has 4 rings (SSSR count). The van der Waals surface area contributed by atoms with Gasteiger partial charge in [-0.1, -0.05) is 29.8 Å². The zero-order valence-electron chi connectivity index (χ0n) is 14.7. The van der Waals surface area contributed by atoms with Crippen molar-refractivity contribution in [2.75, 3.05) is 26.3 Å². The third-order valence-electron chi connectivity index (χ3n) is 4.95. The second-order valence-corrected chi connectivity index (χ2v) is 6.75. The molecule has 0 radical (unpaired) electrons. The maximum atomic E-state index is 12.8. The Bertz CT molecular complexity index is 859. The lowest BCUT2D eigenvalue weighted by Crippen LogP contribution is -2.47. The van der Waals surface area contributed by atoms with E-state index in [4.69, 9.17) is 9.47 Å². The van der Waals surface area contributed by atoms with Crippen molar-refractivity contribution in [1.82, 2.24) is 14.9 Å². The predicted octanol–water partition coefficient (Wildman–Crippen LogP) is 1.72. The van der Waals surface area contributed by atoms with Crippen molar-refractivity contribution < 1.29 is 14.3 Å². The first-order valence-electron chi connectivity index (χ1n) is 8.80. The van der Waals surface area contributed by atoms with Crippen LogP contribution in [0.3, 0.4) is 0 Å². The molecule has 7 heteroatoms. The van der Waals surface area contributed by atoms with Crippen molar-refractivity contribution in [3.8, 4) is 11.3 Å². The lowest BCUT2D eigenvalue weighted by atomic mass is 10.0. The van der Waals surface area contributed by atoms with E-state index in [9.17, 15) is 9.59 Å². The number of hydrogen-bond donors (Lipinski definition) is 1. The number of nitrogens with zero attached hydrogens (tertiary/aromatic N) is 2. The Morgan fingerprint density at radius 2 is 1.81 bits per heavy atom. The summed E-state index contributed by atoms with van der Waals surface area (Å²) in [6.07, 6.45) is 1.28. The molecule has 3 heterocycles. The monoisotopic (exact) mass is 355 g/mol. The van der Waals surface area contributed by atoms with Crippen LogP contribution in [0.5, 0.6) is 0 Å². The molecule has 0 bridgehead atoms. The summed E-state index contributed by atoms with van der Waals surface area (Å²) in [5.41, 5.74) is 2.15. The van der Waals surface area contributed by atoms with Crippen LogP contribution in [0.4, 0.5) is 0 Å². The molecule has 7 nitrogen and oxygen atoms in total. The van der Waals surface area contributed by atoms with Crippen molar-refractivity contribution in [1.29, 1.82) is 0 Å². The first kappa shape index (κ1) is 16.9. The Morgan fingerprint density at radius 3 is 2.46 bits per heavy atom. The summed E-state index contributed by atoms with van der Waals surface area (Å²) in [7, 11) is 0. The van der Waals surface area contributed by atoms with Crippen molar-refractivity contribution in [2.45, 2.75) is 25.6 Å². The summed E-state index contributed by atoms with van der Waals surface area (Å²) in [6, 6.07) is 9.33. The standard InChI is InChI=1S/C19H21N3O4/c1-13-2-4-14(5-3-13)15-12-16(21-18(24)20-15)17(23)22-8-6-19(7-9-22)25-10-11-26-19/h2-5,12H,6-11H2,1H3,(H,20,21,24). The van der Waals surface area contributed by atoms with E-state index in [1.54, 1.807) is 11.0 Å². The molecular formula is C19H21N3O4. The Morgan fingerprint density at radius 1 is 1.15 bits per heavy atom. The van der Waals surface area contributed by atoms with E-state index in [1.165, 1.54) is 0 Å². The lowest BCUT2D eigenvalue weighted by molar-refractivity contribution is -0.181. The second-order valence-electron chi connectivity index (χ2n) is 6.75.